The number of fused-ring (bicyclic) bond motifs is 1. The fourth-order valence-corrected chi connectivity index (χ4v) is 3.35. The van der Waals surface area contributed by atoms with Gasteiger partial charge in [-0.3, -0.25) is 24.8 Å². The van der Waals surface area contributed by atoms with Crippen LogP contribution in [0.2, 0.25) is 5.02 Å². The van der Waals surface area contributed by atoms with Crippen molar-refractivity contribution >= 4 is 40.8 Å². The van der Waals surface area contributed by atoms with Gasteiger partial charge in [-0.2, -0.15) is 8.78 Å². The molecule has 1 aromatic carbocycles. The van der Waals surface area contributed by atoms with Gasteiger partial charge in [0, 0.05) is 16.8 Å². The molecule has 3 rings (SSSR count). The number of nitrogens with one attached hydrogen (secondary N) is 2. The molecule has 2 N–H and O–H groups in total. The predicted molar refractivity (Wildman–Crippen MR) is 95.6 cm³/mol. The standard InChI is InChI=1S/C16H12ClF2N5O2S/c17-11-6-10(27-8-9-4-2-1-3-5-9)7-24-13(11)20-21-14(24)16(26)23-22-15(25)12(18)19/h1-7,12H,8H2,(H,22,25)(H,23,26). The van der Waals surface area contributed by atoms with E-state index in [0.717, 1.165) is 10.5 Å². The van der Waals surface area contributed by atoms with Crippen molar-refractivity contribution in [2.45, 2.75) is 17.1 Å². The fourth-order valence-electron chi connectivity index (χ4n) is 2.13. The first-order valence-electron chi connectivity index (χ1n) is 7.55. The third kappa shape index (κ3) is 4.52. The van der Waals surface area contributed by atoms with Gasteiger partial charge in [0.15, 0.2) is 5.65 Å². The average Bonchev–Trinajstić information content (AvgIpc) is 3.09. The summed E-state index contributed by atoms with van der Waals surface area (Å²) in [7, 11) is 0. The Balaban J connectivity index is 1.80. The summed E-state index contributed by atoms with van der Waals surface area (Å²) in [6, 6.07) is 11.4. The molecule has 0 aliphatic rings. The Labute approximate surface area is 161 Å². The van der Waals surface area contributed by atoms with E-state index < -0.39 is 18.2 Å². The molecule has 0 unspecified atom stereocenters. The van der Waals surface area contributed by atoms with Crippen molar-refractivity contribution in [1.82, 2.24) is 25.4 Å². The number of thioether (sulfide) groups is 1. The lowest BCUT2D eigenvalue weighted by Crippen LogP contribution is -2.44. The van der Waals surface area contributed by atoms with Gasteiger partial charge in [-0.1, -0.05) is 41.9 Å². The number of carbonyl (C=O) groups is 2. The molecule has 0 saturated carbocycles. The third-order valence-electron chi connectivity index (χ3n) is 3.38. The highest BCUT2D eigenvalue weighted by molar-refractivity contribution is 7.98. The van der Waals surface area contributed by atoms with E-state index >= 15 is 0 Å². The molecule has 0 fully saturated rings. The van der Waals surface area contributed by atoms with Crippen molar-refractivity contribution < 1.29 is 18.4 Å². The van der Waals surface area contributed by atoms with E-state index in [2.05, 4.69) is 10.2 Å². The number of aromatic nitrogens is 3. The molecule has 0 aliphatic heterocycles. The van der Waals surface area contributed by atoms with E-state index in [-0.39, 0.29) is 16.5 Å². The molecule has 0 bridgehead atoms. The number of hydrogen-bond donors (Lipinski definition) is 2. The van der Waals surface area contributed by atoms with E-state index in [1.807, 2.05) is 35.8 Å². The summed E-state index contributed by atoms with van der Waals surface area (Å²) in [6.45, 7) is 0. The normalized spacial score (nSPS) is 11.0. The molecule has 0 aliphatic carbocycles. The summed E-state index contributed by atoms with van der Waals surface area (Å²) in [6.07, 6.45) is -1.64. The summed E-state index contributed by atoms with van der Waals surface area (Å²) in [4.78, 5) is 23.7. The molecular weight excluding hydrogens is 400 g/mol. The molecule has 2 amide bonds. The lowest BCUT2D eigenvalue weighted by Gasteiger charge is -2.07. The van der Waals surface area contributed by atoms with Gasteiger partial charge in [0.25, 0.3) is 0 Å². The fraction of sp³-hybridized carbons (Fsp3) is 0.125. The smallest absolute Gasteiger partial charge is 0.276 e. The zero-order valence-corrected chi connectivity index (χ0v) is 15.1. The minimum atomic E-state index is -3.25. The van der Waals surface area contributed by atoms with Gasteiger partial charge >= 0.3 is 18.2 Å². The summed E-state index contributed by atoms with van der Waals surface area (Å²) in [5, 5.41) is 7.79. The zero-order valence-electron chi connectivity index (χ0n) is 13.5. The molecular formula is C16H12ClF2N5O2S. The largest absolute Gasteiger partial charge is 0.317 e. The van der Waals surface area contributed by atoms with E-state index in [1.165, 1.54) is 16.2 Å². The number of amides is 2. The number of rotatable bonds is 5. The quantitative estimate of drug-likeness (QED) is 0.498. The molecule has 0 spiro atoms. The second-order valence-corrected chi connectivity index (χ2v) is 6.72. The molecule has 2 heterocycles. The number of alkyl halides is 2. The topological polar surface area (TPSA) is 88.4 Å². The lowest BCUT2D eigenvalue weighted by molar-refractivity contribution is -0.132. The van der Waals surface area contributed by atoms with E-state index in [1.54, 1.807) is 17.7 Å². The van der Waals surface area contributed by atoms with Crippen LogP contribution >= 0.6 is 23.4 Å². The van der Waals surface area contributed by atoms with Crippen LogP contribution in [-0.4, -0.2) is 32.8 Å². The molecule has 0 saturated heterocycles. The summed E-state index contributed by atoms with van der Waals surface area (Å²) >= 11 is 7.68. The Morgan fingerprint density at radius 1 is 1.19 bits per heavy atom. The number of hydrogen-bond acceptors (Lipinski definition) is 5. The molecule has 27 heavy (non-hydrogen) atoms. The van der Waals surface area contributed by atoms with Crippen LogP contribution in [0.15, 0.2) is 47.5 Å². The Morgan fingerprint density at radius 2 is 1.93 bits per heavy atom. The number of carbonyl (C=O) groups excluding carboxylic acids is 2. The number of hydrazine groups is 1. The Kier molecular flexibility index (Phi) is 5.87. The minimum Gasteiger partial charge on any atom is -0.276 e. The van der Waals surface area contributed by atoms with E-state index in [4.69, 9.17) is 11.6 Å². The Bertz CT molecular complexity index is 984. The molecule has 11 heteroatoms. The number of pyridine rings is 1. The summed E-state index contributed by atoms with van der Waals surface area (Å²) in [5.41, 5.74) is 4.80. The van der Waals surface area contributed by atoms with E-state index in [9.17, 15) is 18.4 Å². The van der Waals surface area contributed by atoms with Crippen LogP contribution in [0.1, 0.15) is 16.2 Å². The molecule has 0 radical (unpaired) electrons. The first-order valence-corrected chi connectivity index (χ1v) is 8.91. The number of halogens is 3. The minimum absolute atomic E-state index is 0.205. The predicted octanol–water partition coefficient (Wildman–Crippen LogP) is 2.70. The second kappa shape index (κ2) is 8.31. The highest BCUT2D eigenvalue weighted by Crippen LogP contribution is 2.27. The molecule has 3 aromatic rings. The van der Waals surface area contributed by atoms with Crippen molar-refractivity contribution in [2.24, 2.45) is 0 Å². The highest BCUT2D eigenvalue weighted by atomic mass is 35.5. The maximum atomic E-state index is 12.2. The summed E-state index contributed by atoms with van der Waals surface area (Å²) in [5.74, 6) is -2.06. The van der Waals surface area contributed by atoms with Crippen LogP contribution in [0.25, 0.3) is 5.65 Å². The van der Waals surface area contributed by atoms with Gasteiger partial charge in [-0.25, -0.2) is 0 Å². The van der Waals surface area contributed by atoms with Gasteiger partial charge < -0.3 is 0 Å². The van der Waals surface area contributed by atoms with Crippen LogP contribution in [0.3, 0.4) is 0 Å². The van der Waals surface area contributed by atoms with Crippen LogP contribution in [0.4, 0.5) is 8.78 Å². The first kappa shape index (κ1) is 19.1. The average molecular weight is 412 g/mol. The van der Waals surface area contributed by atoms with Gasteiger partial charge in [-0.15, -0.1) is 22.0 Å². The van der Waals surface area contributed by atoms with E-state index in [0.29, 0.717) is 5.75 Å². The van der Waals surface area contributed by atoms with Gasteiger partial charge in [0.05, 0.1) is 5.02 Å². The lowest BCUT2D eigenvalue weighted by atomic mass is 10.2. The summed E-state index contributed by atoms with van der Waals surface area (Å²) < 4.78 is 25.7. The maximum absolute atomic E-state index is 12.2. The third-order valence-corrected chi connectivity index (χ3v) is 4.70. The van der Waals surface area contributed by atoms with Crippen molar-refractivity contribution in [2.75, 3.05) is 0 Å². The SMILES string of the molecule is O=C(NNC(=O)C(F)F)c1nnc2c(Cl)cc(SCc3ccccc3)cn12. The van der Waals surface area contributed by atoms with Crippen LogP contribution < -0.4 is 10.9 Å². The van der Waals surface area contributed by atoms with Crippen molar-refractivity contribution in [3.63, 3.8) is 0 Å². The number of nitrogens with zero attached hydrogens (tertiary/aromatic N) is 3. The Morgan fingerprint density at radius 3 is 2.63 bits per heavy atom. The Hall–Kier alpha value is -2.72. The van der Waals surface area contributed by atoms with Crippen LogP contribution in [0.5, 0.6) is 0 Å². The van der Waals surface area contributed by atoms with Crippen LogP contribution in [-0.2, 0) is 10.5 Å². The number of benzene rings is 1. The molecule has 140 valence electrons. The first-order chi connectivity index (χ1) is 13.0. The van der Waals surface area contributed by atoms with Crippen molar-refractivity contribution in [1.29, 1.82) is 0 Å². The second-order valence-electron chi connectivity index (χ2n) is 5.26. The maximum Gasteiger partial charge on any atom is 0.317 e. The molecule has 7 nitrogen and oxygen atoms in total. The van der Waals surface area contributed by atoms with Crippen molar-refractivity contribution in [3.8, 4) is 0 Å². The monoisotopic (exact) mass is 411 g/mol. The van der Waals surface area contributed by atoms with Crippen LogP contribution in [0, 0.1) is 0 Å². The molecule has 2 aromatic heterocycles. The molecule has 0 atom stereocenters. The van der Waals surface area contributed by atoms with Crippen molar-refractivity contribution in [3.05, 3.63) is 59.0 Å². The zero-order chi connectivity index (χ0) is 19.4. The van der Waals surface area contributed by atoms with Gasteiger partial charge in [0.1, 0.15) is 0 Å². The van der Waals surface area contributed by atoms with Gasteiger partial charge in [-0.05, 0) is 11.6 Å². The highest BCUT2D eigenvalue weighted by Gasteiger charge is 2.20. The van der Waals surface area contributed by atoms with Gasteiger partial charge in [0.2, 0.25) is 5.82 Å².